The van der Waals surface area contributed by atoms with Crippen molar-refractivity contribution in [2.24, 2.45) is 0 Å². The van der Waals surface area contributed by atoms with Gasteiger partial charge in [-0.25, -0.2) is 0 Å². The van der Waals surface area contributed by atoms with Gasteiger partial charge in [0.05, 0.1) is 10.7 Å². The van der Waals surface area contributed by atoms with Crippen LogP contribution in [0.25, 0.3) is 0 Å². The van der Waals surface area contributed by atoms with Gasteiger partial charge in [-0.15, -0.1) is 0 Å². The predicted molar refractivity (Wildman–Crippen MR) is 77.1 cm³/mol. The van der Waals surface area contributed by atoms with E-state index in [1.807, 2.05) is 12.1 Å². The molecule has 2 N–H and O–H groups in total. The largest absolute Gasteiger partial charge is 0.344 e. The van der Waals surface area contributed by atoms with Crippen molar-refractivity contribution < 1.29 is 0 Å². The first-order valence-electron chi connectivity index (χ1n) is 4.45. The molecule has 17 heavy (non-hydrogen) atoms. The van der Waals surface area contributed by atoms with Crippen molar-refractivity contribution in [2.45, 2.75) is 0 Å². The molecule has 2 rings (SSSR count). The maximum absolute atomic E-state index is 11.3. The Hall–Kier alpha value is -1.04. The van der Waals surface area contributed by atoms with E-state index < -0.39 is 0 Å². The molecule has 7 heteroatoms. The zero-order chi connectivity index (χ0) is 12.4. The Morgan fingerprint density at radius 2 is 2.29 bits per heavy atom. The van der Waals surface area contributed by atoms with E-state index >= 15 is 0 Å². The van der Waals surface area contributed by atoms with E-state index in [9.17, 15) is 4.79 Å². The van der Waals surface area contributed by atoms with E-state index in [1.165, 1.54) is 0 Å². The molecule has 0 spiro atoms. The molecule has 0 aliphatic carbocycles. The number of rotatable bonds is 2. The smallest absolute Gasteiger partial charge is 0.278 e. The third-order valence-corrected chi connectivity index (χ3v) is 3.77. The Kier molecular flexibility index (Phi) is 3.71. The monoisotopic (exact) mass is 377 g/mol. The molecule has 0 aliphatic heterocycles. The first-order chi connectivity index (χ1) is 8.11. The first-order valence-corrected chi connectivity index (χ1v) is 6.73. The molecule has 2 aromatic rings. The number of aromatic amines is 1. The molecule has 0 unspecified atom stereocenters. The summed E-state index contributed by atoms with van der Waals surface area (Å²) >= 11 is 9.28. The summed E-state index contributed by atoms with van der Waals surface area (Å²) in [6.07, 6.45) is 0. The van der Waals surface area contributed by atoms with Gasteiger partial charge in [0.1, 0.15) is 11.1 Å². The first kappa shape index (κ1) is 12.4. The maximum atomic E-state index is 11.3. The number of benzene rings is 1. The van der Waals surface area contributed by atoms with Crippen LogP contribution in [0.1, 0.15) is 5.56 Å². The topological polar surface area (TPSA) is 68.7 Å². The highest BCUT2D eigenvalue weighted by molar-refractivity contribution is 14.1. The van der Waals surface area contributed by atoms with Crippen molar-refractivity contribution in [1.29, 1.82) is 5.26 Å². The molecule has 1 aromatic carbocycles. The van der Waals surface area contributed by atoms with Crippen LogP contribution in [0.2, 0.25) is 5.02 Å². The SMILES string of the molecule is N#Cc1c(Nc2ccc(I)cc2Cl)s[nH]c1=O. The van der Waals surface area contributed by atoms with E-state index in [4.69, 9.17) is 16.9 Å². The number of H-pyrrole nitrogens is 1. The van der Waals surface area contributed by atoms with Crippen molar-refractivity contribution in [2.75, 3.05) is 5.32 Å². The van der Waals surface area contributed by atoms with Gasteiger partial charge in [0.15, 0.2) is 5.56 Å². The van der Waals surface area contributed by atoms with Gasteiger partial charge in [0.2, 0.25) is 0 Å². The average molecular weight is 378 g/mol. The molecular weight excluding hydrogens is 373 g/mol. The molecule has 86 valence electrons. The third-order valence-electron chi connectivity index (χ3n) is 1.99. The molecule has 0 atom stereocenters. The lowest BCUT2D eigenvalue weighted by molar-refractivity contribution is 1.38. The fourth-order valence-corrected chi connectivity index (χ4v) is 2.81. The molecule has 4 nitrogen and oxygen atoms in total. The Balaban J connectivity index is 2.39. The van der Waals surface area contributed by atoms with Gasteiger partial charge < -0.3 is 5.32 Å². The number of hydrogen-bond donors (Lipinski definition) is 2. The van der Waals surface area contributed by atoms with Gasteiger partial charge in [0.25, 0.3) is 5.56 Å². The summed E-state index contributed by atoms with van der Waals surface area (Å²) in [5, 5.41) is 12.8. The Bertz CT molecular complexity index is 658. The Morgan fingerprint density at radius 3 is 2.94 bits per heavy atom. The molecule has 0 aliphatic rings. The zero-order valence-corrected chi connectivity index (χ0v) is 12.0. The van der Waals surface area contributed by atoms with Crippen molar-refractivity contribution in [3.63, 3.8) is 0 Å². The number of hydrogen-bond acceptors (Lipinski definition) is 4. The highest BCUT2D eigenvalue weighted by Crippen LogP contribution is 2.29. The fraction of sp³-hybridized carbons (Fsp3) is 0. The third kappa shape index (κ3) is 2.62. The maximum Gasteiger partial charge on any atom is 0.278 e. The standard InChI is InChI=1S/C10H5ClIN3OS/c11-7-3-5(12)1-2-8(7)14-10-6(4-13)9(16)15-17-10/h1-3,14H,(H,15,16). The highest BCUT2D eigenvalue weighted by atomic mass is 127. The van der Waals surface area contributed by atoms with E-state index in [0.717, 1.165) is 15.1 Å². The summed E-state index contributed by atoms with van der Waals surface area (Å²) in [4.78, 5) is 11.3. The van der Waals surface area contributed by atoms with Crippen molar-refractivity contribution in [3.05, 3.63) is 42.7 Å². The van der Waals surface area contributed by atoms with Gasteiger partial charge in [-0.05, 0) is 52.3 Å². The van der Waals surface area contributed by atoms with Gasteiger partial charge in [-0.1, -0.05) is 11.6 Å². The number of aromatic nitrogens is 1. The summed E-state index contributed by atoms with van der Waals surface area (Å²) in [7, 11) is 0. The van der Waals surface area contributed by atoms with Crippen LogP contribution in [0.5, 0.6) is 0 Å². The second kappa shape index (κ2) is 5.08. The zero-order valence-electron chi connectivity index (χ0n) is 8.25. The minimum atomic E-state index is -0.387. The number of anilines is 2. The van der Waals surface area contributed by atoms with Gasteiger partial charge in [0, 0.05) is 3.57 Å². The number of nitrogens with one attached hydrogen (secondary N) is 2. The van der Waals surface area contributed by atoms with Crippen LogP contribution >= 0.6 is 45.7 Å². The Labute approximate surface area is 120 Å². The average Bonchev–Trinajstić information content (AvgIpc) is 2.63. The van der Waals surface area contributed by atoms with Crippen LogP contribution in [0.4, 0.5) is 10.7 Å². The van der Waals surface area contributed by atoms with Gasteiger partial charge >= 0.3 is 0 Å². The highest BCUT2D eigenvalue weighted by Gasteiger charge is 2.11. The lowest BCUT2D eigenvalue weighted by Gasteiger charge is -2.06. The summed E-state index contributed by atoms with van der Waals surface area (Å²) in [5.41, 5.74) is 0.352. The second-order valence-electron chi connectivity index (χ2n) is 3.10. The molecule has 0 fully saturated rings. The second-order valence-corrected chi connectivity index (χ2v) is 5.57. The Morgan fingerprint density at radius 1 is 1.53 bits per heavy atom. The molecule has 0 radical (unpaired) electrons. The van der Waals surface area contributed by atoms with E-state index in [0.29, 0.717) is 15.7 Å². The summed E-state index contributed by atoms with van der Waals surface area (Å²) in [6, 6.07) is 7.34. The summed E-state index contributed by atoms with van der Waals surface area (Å²) in [6.45, 7) is 0. The molecule has 1 aromatic heterocycles. The summed E-state index contributed by atoms with van der Waals surface area (Å²) in [5.74, 6) is 0. The van der Waals surface area contributed by atoms with Crippen LogP contribution in [-0.2, 0) is 0 Å². The van der Waals surface area contributed by atoms with Crippen molar-refractivity contribution in [1.82, 2.24) is 4.37 Å². The fourth-order valence-electron chi connectivity index (χ4n) is 1.21. The molecule has 0 bridgehead atoms. The molecule has 1 heterocycles. The summed E-state index contributed by atoms with van der Waals surface area (Å²) < 4.78 is 3.51. The van der Waals surface area contributed by atoms with Crippen molar-refractivity contribution in [3.8, 4) is 6.07 Å². The van der Waals surface area contributed by atoms with Crippen LogP contribution in [-0.4, -0.2) is 4.37 Å². The van der Waals surface area contributed by atoms with E-state index in [2.05, 4.69) is 32.3 Å². The normalized spacial score (nSPS) is 9.94. The van der Waals surface area contributed by atoms with Crippen molar-refractivity contribution >= 4 is 56.4 Å². The predicted octanol–water partition coefficient (Wildman–Crippen LogP) is 3.31. The van der Waals surface area contributed by atoms with E-state index in [-0.39, 0.29) is 11.1 Å². The van der Waals surface area contributed by atoms with Crippen LogP contribution in [0.15, 0.2) is 23.0 Å². The number of nitrogens with zero attached hydrogens (tertiary/aromatic N) is 1. The minimum Gasteiger partial charge on any atom is -0.344 e. The molecule has 0 saturated carbocycles. The van der Waals surface area contributed by atoms with Crippen LogP contribution in [0, 0.1) is 14.9 Å². The van der Waals surface area contributed by atoms with Crippen LogP contribution in [0.3, 0.4) is 0 Å². The minimum absolute atomic E-state index is 0.0737. The lowest BCUT2D eigenvalue weighted by atomic mass is 10.3. The van der Waals surface area contributed by atoms with Crippen LogP contribution < -0.4 is 10.9 Å². The number of nitriles is 1. The number of halogens is 2. The molecular formula is C10H5ClIN3OS. The molecule has 0 saturated heterocycles. The van der Waals surface area contributed by atoms with Gasteiger partial charge in [-0.3, -0.25) is 9.17 Å². The quantitative estimate of drug-likeness (QED) is 0.789. The lowest BCUT2D eigenvalue weighted by Crippen LogP contribution is -2.02. The van der Waals surface area contributed by atoms with Gasteiger partial charge in [-0.2, -0.15) is 5.26 Å². The van der Waals surface area contributed by atoms with E-state index in [1.54, 1.807) is 12.1 Å². The molecule has 0 amide bonds.